The Balaban J connectivity index is 2.61. The minimum Gasteiger partial charge on any atom is -0.392 e. The molecule has 0 aliphatic heterocycles. The van der Waals surface area contributed by atoms with Gasteiger partial charge in [0.2, 0.25) is 0 Å². The first-order valence-corrected chi connectivity index (χ1v) is 4.63. The summed E-state index contributed by atoms with van der Waals surface area (Å²) in [6.45, 7) is 1.59. The largest absolute Gasteiger partial charge is 0.411 e. The first kappa shape index (κ1) is 13.0. The third kappa shape index (κ3) is 3.21. The van der Waals surface area contributed by atoms with Crippen molar-refractivity contribution >= 4 is 0 Å². The Morgan fingerprint density at radius 3 is 2.44 bits per heavy atom. The highest BCUT2D eigenvalue weighted by atomic mass is 19.4. The number of aryl methyl sites for hydroxylation is 1. The van der Waals surface area contributed by atoms with Gasteiger partial charge in [0, 0.05) is 11.3 Å². The molecule has 0 aliphatic rings. The van der Waals surface area contributed by atoms with Gasteiger partial charge in [-0.2, -0.15) is 18.3 Å². The van der Waals surface area contributed by atoms with Crippen molar-refractivity contribution in [3.8, 4) is 0 Å². The van der Waals surface area contributed by atoms with Crippen LogP contribution in [0, 0.1) is 13.8 Å². The highest BCUT2D eigenvalue weighted by Gasteiger charge is 2.27. The number of alkyl halides is 3. The Morgan fingerprint density at radius 1 is 1.38 bits per heavy atom. The minimum absolute atomic E-state index is 0.184. The summed E-state index contributed by atoms with van der Waals surface area (Å²) in [6, 6.07) is 0. The van der Waals surface area contributed by atoms with Gasteiger partial charge < -0.3 is 9.84 Å². The van der Waals surface area contributed by atoms with Gasteiger partial charge in [-0.1, -0.05) is 0 Å². The molecular weight excluding hydrogens is 225 g/mol. The van der Waals surface area contributed by atoms with Crippen LogP contribution in [-0.4, -0.2) is 27.7 Å². The normalized spacial score (nSPS) is 12.1. The van der Waals surface area contributed by atoms with Gasteiger partial charge in [-0.25, -0.2) is 4.68 Å². The molecule has 7 heteroatoms. The van der Waals surface area contributed by atoms with Crippen LogP contribution in [0.25, 0.3) is 0 Å². The number of halogens is 3. The van der Waals surface area contributed by atoms with Crippen LogP contribution in [0.15, 0.2) is 0 Å². The Bertz CT molecular complexity index is 360. The summed E-state index contributed by atoms with van der Waals surface area (Å²) in [4.78, 5) is 0. The lowest BCUT2D eigenvalue weighted by Crippen LogP contribution is -2.19. The van der Waals surface area contributed by atoms with Gasteiger partial charge in [-0.15, -0.1) is 0 Å². The van der Waals surface area contributed by atoms with Gasteiger partial charge in [0.1, 0.15) is 13.3 Å². The number of hydrogen-bond acceptors (Lipinski definition) is 3. The van der Waals surface area contributed by atoms with Crippen molar-refractivity contribution < 1.29 is 23.0 Å². The van der Waals surface area contributed by atoms with Gasteiger partial charge >= 0.3 is 6.18 Å². The maximum atomic E-state index is 11.8. The smallest absolute Gasteiger partial charge is 0.392 e. The number of hydrogen-bond donors (Lipinski definition) is 1. The molecule has 0 amide bonds. The summed E-state index contributed by atoms with van der Waals surface area (Å²) >= 11 is 0. The van der Waals surface area contributed by atoms with Crippen LogP contribution in [0.2, 0.25) is 0 Å². The second-order valence-electron chi connectivity index (χ2n) is 3.40. The minimum atomic E-state index is -4.34. The predicted octanol–water partition coefficient (Wildman–Crippen LogP) is 1.53. The van der Waals surface area contributed by atoms with Crippen LogP contribution in [0.1, 0.15) is 17.0 Å². The molecule has 0 radical (unpaired) electrons. The fourth-order valence-corrected chi connectivity index (χ4v) is 1.34. The highest BCUT2D eigenvalue weighted by Crippen LogP contribution is 2.16. The number of nitrogens with zero attached hydrogens (tertiary/aromatic N) is 2. The summed E-state index contributed by atoms with van der Waals surface area (Å²) in [5.74, 6) is 0. The van der Waals surface area contributed by atoms with Crippen LogP contribution >= 0.6 is 0 Å². The van der Waals surface area contributed by atoms with Crippen molar-refractivity contribution in [1.29, 1.82) is 0 Å². The van der Waals surface area contributed by atoms with Crippen molar-refractivity contribution in [2.45, 2.75) is 33.4 Å². The topological polar surface area (TPSA) is 47.3 Å². The quantitative estimate of drug-likeness (QED) is 0.865. The van der Waals surface area contributed by atoms with Crippen LogP contribution in [0.5, 0.6) is 0 Å². The van der Waals surface area contributed by atoms with E-state index in [2.05, 4.69) is 9.84 Å². The molecule has 0 unspecified atom stereocenters. The van der Waals surface area contributed by atoms with Gasteiger partial charge in [0.25, 0.3) is 0 Å². The molecule has 92 valence electrons. The van der Waals surface area contributed by atoms with Crippen molar-refractivity contribution in [3.63, 3.8) is 0 Å². The molecule has 1 rings (SSSR count). The third-order valence-electron chi connectivity index (χ3n) is 2.17. The zero-order chi connectivity index (χ0) is 12.3. The van der Waals surface area contributed by atoms with Crippen LogP contribution in [-0.2, 0) is 18.1 Å². The molecule has 1 heterocycles. The van der Waals surface area contributed by atoms with E-state index in [1.807, 2.05) is 0 Å². The van der Waals surface area contributed by atoms with Crippen molar-refractivity contribution in [1.82, 2.24) is 9.78 Å². The molecule has 0 atom stereocenters. The van der Waals surface area contributed by atoms with E-state index in [1.54, 1.807) is 13.8 Å². The molecule has 0 saturated carbocycles. The Labute approximate surface area is 90.6 Å². The Morgan fingerprint density at radius 2 is 2.00 bits per heavy atom. The summed E-state index contributed by atoms with van der Waals surface area (Å²) < 4.78 is 41.2. The summed E-state index contributed by atoms with van der Waals surface area (Å²) in [7, 11) is 0. The zero-order valence-electron chi connectivity index (χ0n) is 9.01. The third-order valence-corrected chi connectivity index (χ3v) is 2.17. The number of aromatic nitrogens is 2. The maximum Gasteiger partial charge on any atom is 0.411 e. The van der Waals surface area contributed by atoms with E-state index >= 15 is 0 Å². The van der Waals surface area contributed by atoms with E-state index < -0.39 is 12.8 Å². The van der Waals surface area contributed by atoms with Crippen LogP contribution in [0.3, 0.4) is 0 Å². The SMILES string of the molecule is Cc1nn(COCC(F)(F)F)c(C)c1CO. The molecule has 0 spiro atoms. The molecule has 0 saturated heterocycles. The van der Waals surface area contributed by atoms with E-state index in [0.717, 1.165) is 0 Å². The molecule has 1 aromatic rings. The van der Waals surface area contributed by atoms with Crippen LogP contribution < -0.4 is 0 Å². The lowest BCUT2D eigenvalue weighted by atomic mass is 10.2. The Hall–Kier alpha value is -1.08. The summed E-state index contributed by atoms with van der Waals surface area (Å²) in [6.07, 6.45) is -4.34. The first-order chi connectivity index (χ1) is 7.35. The van der Waals surface area contributed by atoms with Crippen molar-refractivity contribution in [3.05, 3.63) is 17.0 Å². The maximum absolute atomic E-state index is 11.8. The second kappa shape index (κ2) is 4.84. The fraction of sp³-hybridized carbons (Fsp3) is 0.667. The van der Waals surface area contributed by atoms with E-state index in [1.165, 1.54) is 4.68 Å². The average molecular weight is 238 g/mol. The molecule has 1 aromatic heterocycles. The first-order valence-electron chi connectivity index (χ1n) is 4.63. The number of aliphatic hydroxyl groups is 1. The van der Waals surface area contributed by atoms with Crippen molar-refractivity contribution in [2.75, 3.05) is 6.61 Å². The van der Waals surface area contributed by atoms with Crippen LogP contribution in [0.4, 0.5) is 13.2 Å². The van der Waals surface area contributed by atoms with E-state index in [0.29, 0.717) is 17.0 Å². The molecule has 16 heavy (non-hydrogen) atoms. The molecule has 0 fully saturated rings. The highest BCUT2D eigenvalue weighted by molar-refractivity contribution is 5.23. The van der Waals surface area contributed by atoms with Gasteiger partial charge in [0.05, 0.1) is 12.3 Å². The van der Waals surface area contributed by atoms with E-state index in [-0.39, 0.29) is 13.3 Å². The van der Waals surface area contributed by atoms with Gasteiger partial charge in [-0.05, 0) is 13.8 Å². The lowest BCUT2D eigenvalue weighted by Gasteiger charge is -2.08. The van der Waals surface area contributed by atoms with E-state index in [9.17, 15) is 13.2 Å². The molecule has 0 aliphatic carbocycles. The second-order valence-corrected chi connectivity index (χ2v) is 3.40. The van der Waals surface area contributed by atoms with Gasteiger partial charge in [-0.3, -0.25) is 0 Å². The standard InChI is InChI=1S/C9H13F3N2O2/c1-6-8(3-15)7(2)14(13-6)5-16-4-9(10,11)12/h15H,3-5H2,1-2H3. The average Bonchev–Trinajstić information content (AvgIpc) is 2.40. The molecule has 0 bridgehead atoms. The number of ether oxygens (including phenoxy) is 1. The number of rotatable bonds is 4. The molecule has 0 aromatic carbocycles. The summed E-state index contributed by atoms with van der Waals surface area (Å²) in [5.41, 5.74) is 1.83. The fourth-order valence-electron chi connectivity index (χ4n) is 1.34. The summed E-state index contributed by atoms with van der Waals surface area (Å²) in [5, 5.41) is 13.0. The van der Waals surface area contributed by atoms with E-state index in [4.69, 9.17) is 5.11 Å². The Kier molecular flexibility index (Phi) is 3.93. The molecular formula is C9H13F3N2O2. The monoisotopic (exact) mass is 238 g/mol. The van der Waals surface area contributed by atoms with Crippen molar-refractivity contribution in [2.24, 2.45) is 0 Å². The molecule has 4 nitrogen and oxygen atoms in total. The predicted molar refractivity (Wildman–Crippen MR) is 49.6 cm³/mol. The lowest BCUT2D eigenvalue weighted by molar-refractivity contribution is -0.182. The molecule has 1 N–H and O–H groups in total. The zero-order valence-corrected chi connectivity index (χ0v) is 9.01. The van der Waals surface area contributed by atoms with Gasteiger partial charge in [0.15, 0.2) is 0 Å². The number of aliphatic hydroxyl groups excluding tert-OH is 1.